The Morgan fingerprint density at radius 1 is 1.23 bits per heavy atom. The van der Waals surface area contributed by atoms with Crippen LogP contribution in [0.1, 0.15) is 37.8 Å². The number of carbonyl (C=O) groups is 1. The minimum Gasteiger partial charge on any atom is -0.454 e. The van der Waals surface area contributed by atoms with Crippen LogP contribution >= 0.6 is 0 Å². The molecule has 1 fully saturated rings. The lowest BCUT2D eigenvalue weighted by molar-refractivity contribution is 0.168. The van der Waals surface area contributed by atoms with Gasteiger partial charge >= 0.3 is 6.09 Å². The fourth-order valence-corrected chi connectivity index (χ4v) is 4.12. The molecule has 0 bridgehead atoms. The molecule has 1 aliphatic carbocycles. The predicted octanol–water partition coefficient (Wildman–Crippen LogP) is 5.20. The quantitative estimate of drug-likeness (QED) is 0.647. The van der Waals surface area contributed by atoms with Crippen molar-refractivity contribution in [2.45, 2.75) is 32.2 Å². The van der Waals surface area contributed by atoms with E-state index in [9.17, 15) is 10.1 Å². The van der Waals surface area contributed by atoms with Crippen molar-refractivity contribution in [3.8, 4) is 28.8 Å². The van der Waals surface area contributed by atoms with E-state index in [1.165, 1.54) is 6.42 Å². The number of nitrogens with one attached hydrogen (secondary N) is 1. The molecule has 7 heteroatoms. The van der Waals surface area contributed by atoms with Crippen LogP contribution in [0.5, 0.6) is 11.5 Å². The number of nitriles is 1. The molecule has 0 unspecified atom stereocenters. The normalized spacial score (nSPS) is 14.9. The molecule has 0 saturated heterocycles. The van der Waals surface area contributed by atoms with Crippen LogP contribution in [-0.4, -0.2) is 24.1 Å². The van der Waals surface area contributed by atoms with Gasteiger partial charge in [-0.05, 0) is 49.9 Å². The Kier molecular flexibility index (Phi) is 4.47. The van der Waals surface area contributed by atoms with E-state index >= 15 is 0 Å². The highest BCUT2D eigenvalue weighted by molar-refractivity contribution is 5.97. The summed E-state index contributed by atoms with van der Waals surface area (Å²) in [5, 5.41) is 13.6. The summed E-state index contributed by atoms with van der Waals surface area (Å²) in [6, 6.07) is 14.1. The van der Waals surface area contributed by atoms with Gasteiger partial charge in [-0.2, -0.15) is 5.26 Å². The number of amides is 1. The SMILES string of the molecule is CCOC(=O)Nc1ccc(-c2c(C#N)c3cc4c(cc3n2C2CCC2)OCO4)cc1. The molecule has 7 nitrogen and oxygen atoms in total. The largest absolute Gasteiger partial charge is 0.454 e. The summed E-state index contributed by atoms with van der Waals surface area (Å²) in [7, 11) is 0. The molecule has 1 N–H and O–H groups in total. The lowest BCUT2D eigenvalue weighted by atomic mass is 9.92. The zero-order valence-electron chi connectivity index (χ0n) is 16.6. The highest BCUT2D eigenvalue weighted by Gasteiger charge is 2.29. The predicted molar refractivity (Wildman–Crippen MR) is 112 cm³/mol. The maximum absolute atomic E-state index is 11.7. The van der Waals surface area contributed by atoms with Gasteiger partial charge in [0.25, 0.3) is 0 Å². The summed E-state index contributed by atoms with van der Waals surface area (Å²) >= 11 is 0. The summed E-state index contributed by atoms with van der Waals surface area (Å²) in [5.74, 6) is 1.39. The number of hydrogen-bond donors (Lipinski definition) is 1. The van der Waals surface area contributed by atoms with Gasteiger partial charge in [-0.25, -0.2) is 4.79 Å². The molecule has 2 aliphatic rings. The Balaban J connectivity index is 1.63. The van der Waals surface area contributed by atoms with E-state index in [-0.39, 0.29) is 6.79 Å². The van der Waals surface area contributed by atoms with E-state index in [1.54, 1.807) is 6.92 Å². The van der Waals surface area contributed by atoms with Crippen molar-refractivity contribution in [2.75, 3.05) is 18.7 Å². The summed E-state index contributed by atoms with van der Waals surface area (Å²) < 4.78 is 18.3. The highest BCUT2D eigenvalue weighted by Crippen LogP contribution is 2.46. The van der Waals surface area contributed by atoms with Gasteiger partial charge in [0.15, 0.2) is 11.5 Å². The van der Waals surface area contributed by atoms with Crippen molar-refractivity contribution >= 4 is 22.7 Å². The lowest BCUT2D eigenvalue weighted by Crippen LogP contribution is -2.18. The topological polar surface area (TPSA) is 85.5 Å². The van der Waals surface area contributed by atoms with Crippen molar-refractivity contribution in [3.05, 3.63) is 42.0 Å². The number of anilines is 1. The molecule has 0 radical (unpaired) electrons. The standard InChI is InChI=1S/C23H21N3O4/c1-2-28-23(27)25-15-8-6-14(7-9-15)22-18(12-24)17-10-20-21(30-13-29-20)11-19(17)26(22)16-4-3-5-16/h6-11,16H,2-5,13H2,1H3,(H,25,27). The minimum atomic E-state index is -0.485. The second-order valence-electron chi connectivity index (χ2n) is 7.44. The number of aromatic nitrogens is 1. The average molecular weight is 403 g/mol. The molecule has 2 heterocycles. The monoisotopic (exact) mass is 403 g/mol. The molecule has 30 heavy (non-hydrogen) atoms. The zero-order chi connectivity index (χ0) is 20.7. The maximum atomic E-state index is 11.7. The van der Waals surface area contributed by atoms with Crippen LogP contribution in [0.4, 0.5) is 10.5 Å². The van der Waals surface area contributed by atoms with Gasteiger partial charge in [-0.15, -0.1) is 0 Å². The molecular weight excluding hydrogens is 382 g/mol. The molecule has 2 aromatic carbocycles. The lowest BCUT2D eigenvalue weighted by Gasteiger charge is -2.30. The van der Waals surface area contributed by atoms with Crippen LogP contribution in [0, 0.1) is 11.3 Å². The van der Waals surface area contributed by atoms with Crippen LogP contribution in [0.2, 0.25) is 0 Å². The molecular formula is C23H21N3O4. The first-order chi connectivity index (χ1) is 14.7. The van der Waals surface area contributed by atoms with Crippen molar-refractivity contribution < 1.29 is 19.0 Å². The van der Waals surface area contributed by atoms with E-state index in [0.717, 1.165) is 35.0 Å². The number of ether oxygens (including phenoxy) is 3. The number of carbonyl (C=O) groups excluding carboxylic acids is 1. The third-order valence-electron chi connectivity index (χ3n) is 5.73. The average Bonchev–Trinajstić information content (AvgIpc) is 3.28. The van der Waals surface area contributed by atoms with Crippen molar-refractivity contribution in [2.24, 2.45) is 0 Å². The number of hydrogen-bond acceptors (Lipinski definition) is 5. The van der Waals surface area contributed by atoms with Crippen molar-refractivity contribution in [3.63, 3.8) is 0 Å². The van der Waals surface area contributed by atoms with Crippen LogP contribution in [0.3, 0.4) is 0 Å². The van der Waals surface area contributed by atoms with Gasteiger partial charge < -0.3 is 18.8 Å². The van der Waals surface area contributed by atoms with Gasteiger partial charge in [-0.1, -0.05) is 12.1 Å². The Bertz CT molecular complexity index is 1170. The molecule has 3 aromatic rings. The number of rotatable bonds is 4. The van der Waals surface area contributed by atoms with Gasteiger partial charge in [0.05, 0.1) is 23.4 Å². The molecule has 152 valence electrons. The van der Waals surface area contributed by atoms with E-state index in [0.29, 0.717) is 35.4 Å². The first-order valence-electron chi connectivity index (χ1n) is 10.1. The van der Waals surface area contributed by atoms with E-state index in [1.807, 2.05) is 36.4 Å². The molecule has 1 aliphatic heterocycles. The van der Waals surface area contributed by atoms with Gasteiger partial charge in [0.2, 0.25) is 6.79 Å². The second-order valence-corrected chi connectivity index (χ2v) is 7.44. The van der Waals surface area contributed by atoms with E-state index in [4.69, 9.17) is 14.2 Å². The van der Waals surface area contributed by atoms with Crippen LogP contribution in [0.15, 0.2) is 36.4 Å². The Morgan fingerprint density at radius 3 is 2.60 bits per heavy atom. The molecule has 5 rings (SSSR count). The maximum Gasteiger partial charge on any atom is 0.411 e. The third kappa shape index (κ3) is 2.92. The summed E-state index contributed by atoms with van der Waals surface area (Å²) in [4.78, 5) is 11.7. The van der Waals surface area contributed by atoms with E-state index < -0.39 is 6.09 Å². The van der Waals surface area contributed by atoms with Crippen LogP contribution < -0.4 is 14.8 Å². The Labute approximate surface area is 173 Å². The third-order valence-corrected chi connectivity index (χ3v) is 5.73. The summed E-state index contributed by atoms with van der Waals surface area (Å²) in [6.07, 6.45) is 2.86. The van der Waals surface area contributed by atoms with Crippen LogP contribution in [0.25, 0.3) is 22.2 Å². The number of fused-ring (bicyclic) bond motifs is 2. The highest BCUT2D eigenvalue weighted by atomic mass is 16.7. The first kappa shape index (κ1) is 18.4. The smallest absolute Gasteiger partial charge is 0.411 e. The molecule has 1 amide bonds. The van der Waals surface area contributed by atoms with Gasteiger partial charge in [0.1, 0.15) is 6.07 Å². The molecule has 0 atom stereocenters. The van der Waals surface area contributed by atoms with Crippen LogP contribution in [-0.2, 0) is 4.74 Å². The number of nitrogens with zero attached hydrogens (tertiary/aromatic N) is 2. The number of benzene rings is 2. The first-order valence-corrected chi connectivity index (χ1v) is 10.1. The Hall–Kier alpha value is -3.66. The Morgan fingerprint density at radius 2 is 1.97 bits per heavy atom. The van der Waals surface area contributed by atoms with Crippen molar-refractivity contribution in [1.29, 1.82) is 5.26 Å². The molecule has 0 spiro atoms. The summed E-state index contributed by atoms with van der Waals surface area (Å²) in [5.41, 5.74) is 4.07. The fraction of sp³-hybridized carbons (Fsp3) is 0.304. The minimum absolute atomic E-state index is 0.203. The fourth-order valence-electron chi connectivity index (χ4n) is 4.12. The van der Waals surface area contributed by atoms with E-state index in [2.05, 4.69) is 16.0 Å². The van der Waals surface area contributed by atoms with Crippen molar-refractivity contribution in [1.82, 2.24) is 4.57 Å². The zero-order valence-corrected chi connectivity index (χ0v) is 16.6. The molecule has 1 aromatic heterocycles. The van der Waals surface area contributed by atoms with Gasteiger partial charge in [0, 0.05) is 23.2 Å². The second kappa shape index (κ2) is 7.30. The molecule has 1 saturated carbocycles. The summed E-state index contributed by atoms with van der Waals surface area (Å²) in [6.45, 7) is 2.28. The van der Waals surface area contributed by atoms with Gasteiger partial charge in [-0.3, -0.25) is 5.32 Å².